The molecule has 0 aliphatic heterocycles. The van der Waals surface area contributed by atoms with Gasteiger partial charge in [-0.05, 0) is 56.2 Å². The van der Waals surface area contributed by atoms with Gasteiger partial charge < -0.3 is 15.0 Å². The Hall–Kier alpha value is -3.14. The van der Waals surface area contributed by atoms with Crippen molar-refractivity contribution in [1.29, 1.82) is 0 Å². The minimum absolute atomic E-state index is 0.0000312. The second-order valence-electron chi connectivity index (χ2n) is 7.66. The van der Waals surface area contributed by atoms with E-state index in [1.807, 2.05) is 0 Å². The molecule has 0 saturated heterocycles. The zero-order chi connectivity index (χ0) is 24.8. The van der Waals surface area contributed by atoms with E-state index in [9.17, 15) is 22.4 Å². The van der Waals surface area contributed by atoms with Gasteiger partial charge in [-0.15, -0.1) is 0 Å². The number of aryl methyl sites for hydroxylation is 1. The van der Waals surface area contributed by atoms with Crippen molar-refractivity contribution in [3.8, 4) is 5.75 Å². The quantitative estimate of drug-likeness (QED) is 0.565. The first-order chi connectivity index (χ1) is 15.5. The van der Waals surface area contributed by atoms with Gasteiger partial charge in [0.25, 0.3) is 0 Å². The number of sulfonamides is 1. The standard InChI is InChI=1S/C23H30FN3O5S/c1-6-25-23(29)17(3)26(14-18-8-10-19(24)11-9-18)22(28)15-27(33(5,30)31)20-13-16(2)7-12-21(20)32-4/h7-13,17H,6,14-15H2,1-5H3,(H,25,29)/t17-/m1/s1. The van der Waals surface area contributed by atoms with E-state index in [2.05, 4.69) is 5.32 Å². The Morgan fingerprint density at radius 3 is 2.33 bits per heavy atom. The summed E-state index contributed by atoms with van der Waals surface area (Å²) in [5.41, 5.74) is 1.60. The number of benzene rings is 2. The zero-order valence-electron chi connectivity index (χ0n) is 19.5. The lowest BCUT2D eigenvalue weighted by molar-refractivity contribution is -0.139. The van der Waals surface area contributed by atoms with E-state index in [1.54, 1.807) is 39.0 Å². The predicted octanol–water partition coefficient (Wildman–Crippen LogP) is 2.46. The van der Waals surface area contributed by atoms with Crippen molar-refractivity contribution in [1.82, 2.24) is 10.2 Å². The number of hydrogen-bond acceptors (Lipinski definition) is 5. The van der Waals surface area contributed by atoms with Crippen molar-refractivity contribution in [2.45, 2.75) is 33.4 Å². The summed E-state index contributed by atoms with van der Waals surface area (Å²) in [5, 5.41) is 2.67. The summed E-state index contributed by atoms with van der Waals surface area (Å²) in [6, 6.07) is 9.66. The molecule has 180 valence electrons. The largest absolute Gasteiger partial charge is 0.495 e. The number of nitrogens with one attached hydrogen (secondary N) is 1. The highest BCUT2D eigenvalue weighted by atomic mass is 32.2. The van der Waals surface area contributed by atoms with Gasteiger partial charge >= 0.3 is 0 Å². The number of ether oxygens (including phenoxy) is 1. The Labute approximate surface area is 194 Å². The maximum atomic E-state index is 13.4. The zero-order valence-corrected chi connectivity index (χ0v) is 20.3. The summed E-state index contributed by atoms with van der Waals surface area (Å²) in [7, 11) is -2.46. The second-order valence-corrected chi connectivity index (χ2v) is 9.57. The summed E-state index contributed by atoms with van der Waals surface area (Å²) in [4.78, 5) is 27.2. The van der Waals surface area contributed by atoms with E-state index in [4.69, 9.17) is 4.74 Å². The van der Waals surface area contributed by atoms with Gasteiger partial charge in [0.1, 0.15) is 24.2 Å². The Kier molecular flexibility index (Phi) is 8.81. The average molecular weight is 480 g/mol. The highest BCUT2D eigenvalue weighted by molar-refractivity contribution is 7.92. The number of anilines is 1. The fourth-order valence-electron chi connectivity index (χ4n) is 3.28. The van der Waals surface area contributed by atoms with Crippen LogP contribution in [0.5, 0.6) is 5.75 Å². The molecule has 8 nitrogen and oxygen atoms in total. The third-order valence-electron chi connectivity index (χ3n) is 5.07. The van der Waals surface area contributed by atoms with Gasteiger partial charge in [0, 0.05) is 13.1 Å². The van der Waals surface area contributed by atoms with Crippen LogP contribution in [0.1, 0.15) is 25.0 Å². The van der Waals surface area contributed by atoms with Crippen LogP contribution in [0.15, 0.2) is 42.5 Å². The van der Waals surface area contributed by atoms with Crippen LogP contribution in [0.25, 0.3) is 0 Å². The lowest BCUT2D eigenvalue weighted by Crippen LogP contribution is -2.51. The van der Waals surface area contributed by atoms with Crippen LogP contribution < -0.4 is 14.4 Å². The fraction of sp³-hybridized carbons (Fsp3) is 0.391. The monoisotopic (exact) mass is 479 g/mol. The molecule has 0 aliphatic rings. The van der Waals surface area contributed by atoms with Gasteiger partial charge in [-0.2, -0.15) is 0 Å². The third-order valence-corrected chi connectivity index (χ3v) is 6.19. The number of carbonyl (C=O) groups is 2. The van der Waals surface area contributed by atoms with Gasteiger partial charge in [0.05, 0.1) is 19.1 Å². The van der Waals surface area contributed by atoms with Crippen LogP contribution >= 0.6 is 0 Å². The Balaban J connectivity index is 2.44. The van der Waals surface area contributed by atoms with Crippen LogP contribution in [0.4, 0.5) is 10.1 Å². The second kappa shape index (κ2) is 11.1. The van der Waals surface area contributed by atoms with Crippen LogP contribution in [-0.2, 0) is 26.2 Å². The molecular formula is C23H30FN3O5S. The molecule has 0 fully saturated rings. The first-order valence-corrected chi connectivity index (χ1v) is 12.3. The minimum Gasteiger partial charge on any atom is -0.495 e. The van der Waals surface area contributed by atoms with Gasteiger partial charge in [0.2, 0.25) is 21.8 Å². The normalized spacial score (nSPS) is 12.1. The number of amides is 2. The molecule has 0 aliphatic carbocycles. The predicted molar refractivity (Wildman–Crippen MR) is 125 cm³/mol. The average Bonchev–Trinajstić information content (AvgIpc) is 2.75. The highest BCUT2D eigenvalue weighted by Crippen LogP contribution is 2.31. The van der Waals surface area contributed by atoms with Gasteiger partial charge in [0.15, 0.2) is 0 Å². The molecule has 0 spiro atoms. The topological polar surface area (TPSA) is 96.0 Å². The van der Waals surface area contributed by atoms with Crippen molar-refractivity contribution in [2.75, 3.05) is 30.8 Å². The summed E-state index contributed by atoms with van der Waals surface area (Å²) in [5.74, 6) is -1.11. The maximum absolute atomic E-state index is 13.4. The summed E-state index contributed by atoms with van der Waals surface area (Å²) in [6.45, 7) is 4.95. The molecule has 0 heterocycles. The van der Waals surface area contributed by atoms with Crippen molar-refractivity contribution in [2.24, 2.45) is 0 Å². The molecule has 2 rings (SSSR count). The fourth-order valence-corrected chi connectivity index (χ4v) is 4.13. The molecule has 0 unspecified atom stereocenters. The molecule has 0 saturated carbocycles. The smallest absolute Gasteiger partial charge is 0.244 e. The number of methoxy groups -OCH3 is 1. The number of rotatable bonds is 10. The van der Waals surface area contributed by atoms with Crippen LogP contribution in [0, 0.1) is 12.7 Å². The van der Waals surface area contributed by atoms with E-state index in [-0.39, 0.29) is 18.1 Å². The van der Waals surface area contributed by atoms with Crippen LogP contribution in [0.2, 0.25) is 0 Å². The van der Waals surface area contributed by atoms with Crippen molar-refractivity contribution in [3.05, 3.63) is 59.4 Å². The number of nitrogens with zero attached hydrogens (tertiary/aromatic N) is 2. The molecule has 1 N–H and O–H groups in total. The van der Waals surface area contributed by atoms with Crippen molar-refractivity contribution in [3.63, 3.8) is 0 Å². The van der Waals surface area contributed by atoms with Gasteiger partial charge in [-0.25, -0.2) is 12.8 Å². The highest BCUT2D eigenvalue weighted by Gasteiger charge is 2.31. The van der Waals surface area contributed by atoms with Crippen LogP contribution in [0.3, 0.4) is 0 Å². The third kappa shape index (κ3) is 6.92. The van der Waals surface area contributed by atoms with Crippen LogP contribution in [-0.4, -0.2) is 57.6 Å². The van der Waals surface area contributed by atoms with Crippen molar-refractivity contribution < 1.29 is 27.1 Å². The van der Waals surface area contributed by atoms with Gasteiger partial charge in [-0.3, -0.25) is 13.9 Å². The number of halogens is 1. The molecule has 0 aromatic heterocycles. The minimum atomic E-state index is -3.87. The lowest BCUT2D eigenvalue weighted by Gasteiger charge is -2.31. The van der Waals surface area contributed by atoms with Gasteiger partial charge in [-0.1, -0.05) is 18.2 Å². The molecule has 2 aromatic carbocycles. The van der Waals surface area contributed by atoms with E-state index in [1.165, 1.54) is 36.3 Å². The molecule has 0 bridgehead atoms. The van der Waals surface area contributed by atoms with E-state index >= 15 is 0 Å². The number of hydrogen-bond donors (Lipinski definition) is 1. The SMILES string of the molecule is CCNC(=O)[C@@H](C)N(Cc1ccc(F)cc1)C(=O)CN(c1cc(C)ccc1OC)S(C)(=O)=O. The van der Waals surface area contributed by atoms with Crippen molar-refractivity contribution >= 4 is 27.5 Å². The Morgan fingerprint density at radius 1 is 1.15 bits per heavy atom. The summed E-state index contributed by atoms with van der Waals surface area (Å²) < 4.78 is 44.9. The molecule has 10 heteroatoms. The van der Waals surface area contributed by atoms with E-state index in [0.717, 1.165) is 16.1 Å². The number of likely N-dealkylation sites (N-methyl/N-ethyl adjacent to an activating group) is 1. The first kappa shape index (κ1) is 26.1. The van der Waals surface area contributed by atoms with E-state index < -0.39 is 34.3 Å². The maximum Gasteiger partial charge on any atom is 0.244 e. The molecule has 1 atom stereocenters. The molecule has 0 radical (unpaired) electrons. The molecule has 2 amide bonds. The Morgan fingerprint density at radius 2 is 1.79 bits per heavy atom. The Bertz CT molecular complexity index is 1090. The lowest BCUT2D eigenvalue weighted by atomic mass is 10.1. The molecular weight excluding hydrogens is 449 g/mol. The molecule has 2 aromatic rings. The first-order valence-electron chi connectivity index (χ1n) is 10.4. The summed E-state index contributed by atoms with van der Waals surface area (Å²) >= 11 is 0. The van der Waals surface area contributed by atoms with E-state index in [0.29, 0.717) is 17.9 Å². The number of carbonyl (C=O) groups excluding carboxylic acids is 2. The molecule has 33 heavy (non-hydrogen) atoms. The summed E-state index contributed by atoms with van der Waals surface area (Å²) in [6.07, 6.45) is 1.000.